The molecule has 0 aliphatic heterocycles. The number of nitrogens with two attached hydrogens (primary N) is 1. The lowest BCUT2D eigenvalue weighted by Gasteiger charge is -2.25. The molecule has 1 heterocycles. The highest BCUT2D eigenvalue weighted by Gasteiger charge is 2.21. The number of nitrogens with zero attached hydrogens (tertiary/aromatic N) is 1. The van der Waals surface area contributed by atoms with Gasteiger partial charge in [-0.05, 0) is 24.7 Å². The minimum absolute atomic E-state index is 0. The molecule has 1 aromatic heterocycles. The Kier molecular flexibility index (Phi) is 4.20. The molecular weight excluding hydrogens is 216 g/mol. The van der Waals surface area contributed by atoms with Crippen molar-refractivity contribution < 1.29 is 0 Å². The molecule has 2 nitrogen and oxygen atoms in total. The van der Waals surface area contributed by atoms with Crippen molar-refractivity contribution in [3.05, 3.63) is 11.1 Å². The summed E-state index contributed by atoms with van der Waals surface area (Å²) >= 11 is 1.66. The fraction of sp³-hybridized carbons (Fsp3) is 0.700. The molecule has 0 amide bonds. The van der Waals surface area contributed by atoms with Crippen molar-refractivity contribution in [2.75, 3.05) is 5.73 Å². The number of rotatable bonds is 1. The van der Waals surface area contributed by atoms with Gasteiger partial charge in [-0.25, -0.2) is 4.98 Å². The van der Waals surface area contributed by atoms with Gasteiger partial charge in [0.25, 0.3) is 0 Å². The van der Waals surface area contributed by atoms with E-state index in [1.807, 2.05) is 6.20 Å². The highest BCUT2D eigenvalue weighted by molar-refractivity contribution is 7.15. The maximum atomic E-state index is 5.63. The van der Waals surface area contributed by atoms with Crippen LogP contribution >= 0.6 is 23.7 Å². The van der Waals surface area contributed by atoms with E-state index in [1.165, 1.54) is 30.6 Å². The minimum Gasteiger partial charge on any atom is -0.375 e. The van der Waals surface area contributed by atoms with Crippen LogP contribution in [-0.2, 0) is 0 Å². The molecule has 2 atom stereocenters. The van der Waals surface area contributed by atoms with Crippen molar-refractivity contribution in [3.8, 4) is 0 Å². The van der Waals surface area contributed by atoms with Crippen LogP contribution in [0.3, 0.4) is 0 Å². The lowest BCUT2D eigenvalue weighted by Crippen LogP contribution is -2.10. The number of halogens is 1. The normalized spacial score (nSPS) is 26.9. The molecule has 2 rings (SSSR count). The average molecular weight is 233 g/mol. The Balaban J connectivity index is 0.000000980. The predicted octanol–water partition coefficient (Wildman–Crippen LogP) is 3.44. The lowest BCUT2D eigenvalue weighted by molar-refractivity contribution is 0.347. The van der Waals surface area contributed by atoms with Crippen LogP contribution < -0.4 is 5.73 Å². The minimum atomic E-state index is 0. The SMILES string of the molecule is CC1CCCC(c2cnc(N)s2)C1.Cl. The highest BCUT2D eigenvalue weighted by Crippen LogP contribution is 2.38. The van der Waals surface area contributed by atoms with Gasteiger partial charge >= 0.3 is 0 Å². The predicted molar refractivity (Wildman–Crippen MR) is 64.1 cm³/mol. The molecule has 1 saturated carbocycles. The molecular formula is C10H17ClN2S. The summed E-state index contributed by atoms with van der Waals surface area (Å²) in [6, 6.07) is 0. The fourth-order valence-electron chi connectivity index (χ4n) is 2.18. The van der Waals surface area contributed by atoms with Crippen molar-refractivity contribution in [1.29, 1.82) is 0 Å². The zero-order valence-electron chi connectivity index (χ0n) is 8.40. The summed E-state index contributed by atoms with van der Waals surface area (Å²) in [5.41, 5.74) is 5.63. The van der Waals surface area contributed by atoms with Crippen molar-refractivity contribution in [2.24, 2.45) is 5.92 Å². The second-order valence-corrected chi connectivity index (χ2v) is 5.16. The third-order valence-corrected chi connectivity index (χ3v) is 3.87. The summed E-state index contributed by atoms with van der Waals surface area (Å²) in [6.07, 6.45) is 7.37. The van der Waals surface area contributed by atoms with E-state index in [1.54, 1.807) is 11.3 Å². The van der Waals surface area contributed by atoms with Crippen molar-refractivity contribution in [2.45, 2.75) is 38.5 Å². The molecule has 80 valence electrons. The Morgan fingerprint density at radius 3 is 2.86 bits per heavy atom. The third kappa shape index (κ3) is 2.61. The summed E-state index contributed by atoms with van der Waals surface area (Å²) in [6.45, 7) is 2.34. The molecule has 0 aromatic carbocycles. The molecule has 2 N–H and O–H groups in total. The Hall–Kier alpha value is -0.280. The van der Waals surface area contributed by atoms with Gasteiger partial charge in [0.15, 0.2) is 5.13 Å². The van der Waals surface area contributed by atoms with Gasteiger partial charge in [0.1, 0.15) is 0 Å². The average Bonchev–Trinajstić information content (AvgIpc) is 2.52. The van der Waals surface area contributed by atoms with Crippen molar-refractivity contribution >= 4 is 28.9 Å². The van der Waals surface area contributed by atoms with E-state index in [-0.39, 0.29) is 12.4 Å². The van der Waals surface area contributed by atoms with Crippen LogP contribution in [0, 0.1) is 5.92 Å². The maximum Gasteiger partial charge on any atom is 0.180 e. The summed E-state index contributed by atoms with van der Waals surface area (Å²) < 4.78 is 0. The molecule has 4 heteroatoms. The van der Waals surface area contributed by atoms with Gasteiger partial charge in [0.2, 0.25) is 0 Å². The molecule has 1 aliphatic carbocycles. The zero-order chi connectivity index (χ0) is 9.26. The van der Waals surface area contributed by atoms with Crippen LogP contribution in [0.25, 0.3) is 0 Å². The van der Waals surface area contributed by atoms with E-state index in [4.69, 9.17) is 5.73 Å². The molecule has 0 radical (unpaired) electrons. The Morgan fingerprint density at radius 1 is 1.50 bits per heavy atom. The number of nitrogen functional groups attached to an aromatic ring is 1. The monoisotopic (exact) mass is 232 g/mol. The summed E-state index contributed by atoms with van der Waals surface area (Å²) in [5.74, 6) is 1.61. The van der Waals surface area contributed by atoms with Crippen LogP contribution in [0.5, 0.6) is 0 Å². The van der Waals surface area contributed by atoms with E-state index < -0.39 is 0 Å². The second kappa shape index (κ2) is 4.99. The van der Waals surface area contributed by atoms with Crippen LogP contribution in [0.2, 0.25) is 0 Å². The van der Waals surface area contributed by atoms with Crippen LogP contribution in [0.4, 0.5) is 5.13 Å². The number of anilines is 1. The summed E-state index contributed by atoms with van der Waals surface area (Å²) in [4.78, 5) is 5.51. The van der Waals surface area contributed by atoms with Crippen LogP contribution in [-0.4, -0.2) is 4.98 Å². The summed E-state index contributed by atoms with van der Waals surface area (Å²) in [5, 5.41) is 0.716. The number of aromatic nitrogens is 1. The Bertz CT molecular complexity index is 287. The first kappa shape index (κ1) is 11.8. The molecule has 2 unspecified atom stereocenters. The topological polar surface area (TPSA) is 38.9 Å². The molecule has 0 spiro atoms. The summed E-state index contributed by atoms with van der Waals surface area (Å²) in [7, 11) is 0. The standard InChI is InChI=1S/C10H16N2S.ClH/c1-7-3-2-4-8(5-7)9-6-12-10(11)13-9;/h6-8H,2-5H2,1H3,(H2,11,12);1H. The third-order valence-electron chi connectivity index (χ3n) is 2.88. The van der Waals surface area contributed by atoms with E-state index in [9.17, 15) is 0 Å². The maximum absolute atomic E-state index is 5.63. The molecule has 1 aliphatic rings. The fourth-order valence-corrected chi connectivity index (χ4v) is 3.02. The van der Waals surface area contributed by atoms with Gasteiger partial charge < -0.3 is 5.73 Å². The Labute approximate surface area is 95.3 Å². The first-order chi connectivity index (χ1) is 6.25. The molecule has 1 fully saturated rings. The van der Waals surface area contributed by atoms with Crippen LogP contribution in [0.1, 0.15) is 43.4 Å². The van der Waals surface area contributed by atoms with E-state index in [2.05, 4.69) is 11.9 Å². The zero-order valence-corrected chi connectivity index (χ0v) is 10.0. The second-order valence-electron chi connectivity index (χ2n) is 4.07. The van der Waals surface area contributed by atoms with Crippen LogP contribution in [0.15, 0.2) is 6.20 Å². The van der Waals surface area contributed by atoms with Gasteiger partial charge in [-0.2, -0.15) is 0 Å². The lowest BCUT2D eigenvalue weighted by atomic mass is 9.82. The number of hydrogen-bond acceptors (Lipinski definition) is 3. The highest BCUT2D eigenvalue weighted by atomic mass is 35.5. The van der Waals surface area contributed by atoms with Gasteiger partial charge in [-0.1, -0.05) is 19.8 Å². The molecule has 0 bridgehead atoms. The van der Waals surface area contributed by atoms with E-state index in [0.29, 0.717) is 5.13 Å². The van der Waals surface area contributed by atoms with E-state index >= 15 is 0 Å². The largest absolute Gasteiger partial charge is 0.375 e. The molecule has 14 heavy (non-hydrogen) atoms. The van der Waals surface area contributed by atoms with Gasteiger partial charge in [-0.3, -0.25) is 0 Å². The number of hydrogen-bond donors (Lipinski definition) is 1. The first-order valence-electron chi connectivity index (χ1n) is 4.97. The first-order valence-corrected chi connectivity index (χ1v) is 5.78. The van der Waals surface area contributed by atoms with Gasteiger partial charge in [0, 0.05) is 11.1 Å². The molecule has 1 aromatic rings. The molecule has 0 saturated heterocycles. The Morgan fingerprint density at radius 2 is 2.29 bits per heavy atom. The number of thiazole rings is 1. The smallest absolute Gasteiger partial charge is 0.180 e. The van der Waals surface area contributed by atoms with E-state index in [0.717, 1.165) is 11.8 Å². The van der Waals surface area contributed by atoms with Crippen molar-refractivity contribution in [1.82, 2.24) is 4.98 Å². The van der Waals surface area contributed by atoms with Gasteiger partial charge in [0.05, 0.1) is 0 Å². The van der Waals surface area contributed by atoms with Gasteiger partial charge in [-0.15, -0.1) is 23.7 Å². The quantitative estimate of drug-likeness (QED) is 0.806. The van der Waals surface area contributed by atoms with Crippen molar-refractivity contribution in [3.63, 3.8) is 0 Å².